The Bertz CT molecular complexity index is 1140. The summed E-state index contributed by atoms with van der Waals surface area (Å²) in [5.41, 5.74) is 1.06. The third kappa shape index (κ3) is 5.31. The summed E-state index contributed by atoms with van der Waals surface area (Å²) in [6.45, 7) is 0.802. The van der Waals surface area contributed by atoms with E-state index < -0.39 is 0 Å². The summed E-state index contributed by atoms with van der Waals surface area (Å²) in [4.78, 5) is 12.4. The molecule has 2 aromatic carbocycles. The lowest BCUT2D eigenvalue weighted by Gasteiger charge is -2.04. The summed E-state index contributed by atoms with van der Waals surface area (Å²) < 4.78 is 13.9. The van der Waals surface area contributed by atoms with Crippen LogP contribution in [0.25, 0.3) is 0 Å². The van der Waals surface area contributed by atoms with Crippen LogP contribution in [0.1, 0.15) is 21.9 Å². The number of anilines is 1. The second-order valence-electron chi connectivity index (χ2n) is 6.49. The predicted molar refractivity (Wildman–Crippen MR) is 118 cm³/mol. The van der Waals surface area contributed by atoms with E-state index in [-0.39, 0.29) is 18.3 Å². The Labute approximate surface area is 186 Å². The number of aromatic nitrogens is 2. The van der Waals surface area contributed by atoms with Gasteiger partial charge in [0.2, 0.25) is 0 Å². The van der Waals surface area contributed by atoms with Crippen LogP contribution in [0.15, 0.2) is 81.8 Å². The summed E-state index contributed by atoms with van der Waals surface area (Å²) in [5.74, 6) is 1.53. The Morgan fingerprint density at radius 2 is 1.83 bits per heavy atom. The smallest absolute Gasteiger partial charge is 0.292 e. The molecular formula is C22H17BrClN3O3. The van der Waals surface area contributed by atoms with Gasteiger partial charge in [0.25, 0.3) is 5.91 Å². The van der Waals surface area contributed by atoms with E-state index in [1.165, 1.54) is 0 Å². The number of hydrogen-bond acceptors (Lipinski definition) is 4. The van der Waals surface area contributed by atoms with Gasteiger partial charge < -0.3 is 14.5 Å². The van der Waals surface area contributed by atoms with Crippen molar-refractivity contribution in [1.29, 1.82) is 0 Å². The van der Waals surface area contributed by atoms with Gasteiger partial charge in [-0.3, -0.25) is 9.48 Å². The summed E-state index contributed by atoms with van der Waals surface area (Å²) in [6, 6.07) is 20.1. The van der Waals surface area contributed by atoms with Gasteiger partial charge in [0.15, 0.2) is 11.6 Å². The lowest BCUT2D eigenvalue weighted by Crippen LogP contribution is -2.12. The van der Waals surface area contributed by atoms with E-state index in [1.807, 2.05) is 48.5 Å². The maximum atomic E-state index is 12.4. The highest BCUT2D eigenvalue weighted by Crippen LogP contribution is 2.18. The normalized spacial score (nSPS) is 10.7. The van der Waals surface area contributed by atoms with Crippen LogP contribution in [0.2, 0.25) is 5.02 Å². The molecule has 2 heterocycles. The van der Waals surface area contributed by atoms with Gasteiger partial charge >= 0.3 is 0 Å². The van der Waals surface area contributed by atoms with Crippen molar-refractivity contribution in [3.63, 3.8) is 0 Å². The van der Waals surface area contributed by atoms with Gasteiger partial charge in [-0.15, -0.1) is 0 Å². The molecule has 8 heteroatoms. The molecule has 0 aliphatic rings. The number of benzene rings is 2. The molecule has 0 spiro atoms. The Morgan fingerprint density at radius 1 is 1.07 bits per heavy atom. The van der Waals surface area contributed by atoms with E-state index in [9.17, 15) is 4.79 Å². The molecule has 1 N–H and O–H groups in total. The van der Waals surface area contributed by atoms with Crippen LogP contribution in [0, 0.1) is 0 Å². The Morgan fingerprint density at radius 3 is 2.60 bits per heavy atom. The molecule has 2 aromatic heterocycles. The minimum absolute atomic E-state index is 0.191. The number of furan rings is 1. The van der Waals surface area contributed by atoms with Crippen molar-refractivity contribution < 1.29 is 13.9 Å². The quantitative estimate of drug-likeness (QED) is 0.360. The van der Waals surface area contributed by atoms with E-state index in [0.717, 1.165) is 10.0 Å². The Hall–Kier alpha value is -3.03. The molecule has 0 saturated heterocycles. The van der Waals surface area contributed by atoms with Crippen LogP contribution in [0.3, 0.4) is 0 Å². The predicted octanol–water partition coefficient (Wildman–Crippen LogP) is 5.77. The molecule has 6 nitrogen and oxygen atoms in total. The molecule has 1 amide bonds. The molecular weight excluding hydrogens is 470 g/mol. The number of halogens is 2. The topological polar surface area (TPSA) is 69.3 Å². The number of carbonyl (C=O) groups is 1. The van der Waals surface area contributed by atoms with Gasteiger partial charge in [-0.1, -0.05) is 39.7 Å². The molecule has 0 saturated carbocycles. The zero-order chi connectivity index (χ0) is 20.9. The molecule has 0 atom stereocenters. The Kier molecular flexibility index (Phi) is 6.21. The fraction of sp³-hybridized carbons (Fsp3) is 0.0909. The van der Waals surface area contributed by atoms with Crippen molar-refractivity contribution in [2.75, 3.05) is 5.32 Å². The van der Waals surface area contributed by atoms with Crippen molar-refractivity contribution in [2.45, 2.75) is 13.2 Å². The second kappa shape index (κ2) is 9.19. The zero-order valence-corrected chi connectivity index (χ0v) is 18.1. The van der Waals surface area contributed by atoms with E-state index in [0.29, 0.717) is 28.9 Å². The number of nitrogens with one attached hydrogen (secondary N) is 1. The second-order valence-corrected chi connectivity index (χ2v) is 7.84. The van der Waals surface area contributed by atoms with Crippen LogP contribution in [0.4, 0.5) is 5.82 Å². The van der Waals surface area contributed by atoms with Crippen LogP contribution in [-0.4, -0.2) is 15.7 Å². The third-order valence-electron chi connectivity index (χ3n) is 4.22. The monoisotopic (exact) mass is 485 g/mol. The number of nitrogens with zero attached hydrogens (tertiary/aromatic N) is 2. The molecule has 0 unspecified atom stereocenters. The molecule has 0 radical (unpaired) electrons. The SMILES string of the molecule is O=C(Nc1ccn(Cc2ccc(Cl)cc2)n1)c1ccc(COc2ccc(Br)cc2)o1. The first-order chi connectivity index (χ1) is 14.5. The van der Waals surface area contributed by atoms with Gasteiger partial charge in [0.05, 0.1) is 6.54 Å². The number of amides is 1. The molecule has 0 aliphatic carbocycles. The van der Waals surface area contributed by atoms with Crippen molar-refractivity contribution >= 4 is 39.3 Å². The average Bonchev–Trinajstić information content (AvgIpc) is 3.39. The van der Waals surface area contributed by atoms with Gasteiger partial charge in [0.1, 0.15) is 18.1 Å². The Balaban J connectivity index is 1.32. The highest BCUT2D eigenvalue weighted by molar-refractivity contribution is 9.10. The zero-order valence-electron chi connectivity index (χ0n) is 15.7. The highest BCUT2D eigenvalue weighted by Gasteiger charge is 2.13. The summed E-state index contributed by atoms with van der Waals surface area (Å²) >= 11 is 9.28. The standard InChI is InChI=1S/C22H17BrClN3O3/c23-16-3-7-18(8-4-16)29-14-19-9-10-20(30-19)22(28)25-21-11-12-27(26-21)13-15-1-5-17(24)6-2-15/h1-12H,13-14H2,(H,25,26,28). The number of hydrogen-bond donors (Lipinski definition) is 1. The van der Waals surface area contributed by atoms with Crippen LogP contribution < -0.4 is 10.1 Å². The number of rotatable bonds is 7. The molecule has 0 bridgehead atoms. The van der Waals surface area contributed by atoms with Gasteiger partial charge in [0, 0.05) is 21.8 Å². The molecule has 152 valence electrons. The molecule has 30 heavy (non-hydrogen) atoms. The fourth-order valence-corrected chi connectivity index (χ4v) is 3.12. The first-order valence-corrected chi connectivity index (χ1v) is 10.3. The largest absolute Gasteiger partial charge is 0.486 e. The van der Waals surface area contributed by atoms with Crippen molar-refractivity contribution in [3.05, 3.63) is 99.5 Å². The van der Waals surface area contributed by atoms with Gasteiger partial charge in [-0.05, 0) is 54.1 Å². The van der Waals surface area contributed by atoms with Crippen molar-refractivity contribution in [1.82, 2.24) is 9.78 Å². The van der Waals surface area contributed by atoms with Gasteiger partial charge in [-0.25, -0.2) is 0 Å². The lowest BCUT2D eigenvalue weighted by atomic mass is 10.2. The van der Waals surface area contributed by atoms with Crippen LogP contribution in [-0.2, 0) is 13.2 Å². The van der Waals surface area contributed by atoms with Crippen molar-refractivity contribution in [3.8, 4) is 5.75 Å². The lowest BCUT2D eigenvalue weighted by molar-refractivity contribution is 0.0992. The number of ether oxygens (including phenoxy) is 1. The first kappa shape index (κ1) is 20.3. The van der Waals surface area contributed by atoms with E-state index in [1.54, 1.807) is 29.1 Å². The number of carbonyl (C=O) groups excluding carboxylic acids is 1. The molecule has 4 aromatic rings. The summed E-state index contributed by atoms with van der Waals surface area (Å²) in [7, 11) is 0. The van der Waals surface area contributed by atoms with E-state index >= 15 is 0 Å². The highest BCUT2D eigenvalue weighted by atomic mass is 79.9. The van der Waals surface area contributed by atoms with E-state index in [4.69, 9.17) is 20.8 Å². The summed E-state index contributed by atoms with van der Waals surface area (Å²) in [6.07, 6.45) is 1.80. The molecule has 4 rings (SSSR count). The third-order valence-corrected chi connectivity index (χ3v) is 5.00. The maximum absolute atomic E-state index is 12.4. The van der Waals surface area contributed by atoms with Gasteiger partial charge in [-0.2, -0.15) is 5.10 Å². The summed E-state index contributed by atoms with van der Waals surface area (Å²) in [5, 5.41) is 7.79. The average molecular weight is 487 g/mol. The van der Waals surface area contributed by atoms with Crippen molar-refractivity contribution in [2.24, 2.45) is 0 Å². The molecule has 0 aliphatic heterocycles. The van der Waals surface area contributed by atoms with Crippen LogP contribution >= 0.6 is 27.5 Å². The first-order valence-electron chi connectivity index (χ1n) is 9.11. The minimum Gasteiger partial charge on any atom is -0.486 e. The maximum Gasteiger partial charge on any atom is 0.292 e. The van der Waals surface area contributed by atoms with E-state index in [2.05, 4.69) is 26.3 Å². The fourth-order valence-electron chi connectivity index (χ4n) is 2.73. The minimum atomic E-state index is -0.373. The van der Waals surface area contributed by atoms with Crippen LogP contribution in [0.5, 0.6) is 5.75 Å². The molecule has 0 fully saturated rings.